The van der Waals surface area contributed by atoms with E-state index in [1.807, 2.05) is 0 Å². The first-order valence-electron chi connectivity index (χ1n) is 5.29. The highest BCUT2D eigenvalue weighted by Crippen LogP contribution is 2.06. The molecule has 4 N–H and O–H groups in total. The second-order valence-corrected chi connectivity index (χ2v) is 3.26. The van der Waals surface area contributed by atoms with Crippen LogP contribution < -0.4 is 6.15 Å². The van der Waals surface area contributed by atoms with Gasteiger partial charge in [0.25, 0.3) is 0 Å². The molecule has 0 aliphatic heterocycles. The Kier molecular flexibility index (Phi) is 18.5. The summed E-state index contributed by atoms with van der Waals surface area (Å²) in [6.45, 7) is 4.53. The first kappa shape index (κ1) is 20.2. The molecule has 0 radical (unpaired) electrons. The molecule has 0 aromatic heterocycles. The Morgan fingerprint density at radius 2 is 0.867 bits per heavy atom. The Morgan fingerprint density at radius 3 is 1.07 bits per heavy atom. The molecule has 0 spiro atoms. The third-order valence-corrected chi connectivity index (χ3v) is 1.71. The van der Waals surface area contributed by atoms with Crippen molar-refractivity contribution in [2.45, 2.75) is 58.8 Å². The van der Waals surface area contributed by atoms with Crippen molar-refractivity contribution in [3.8, 4) is 0 Å². The van der Waals surface area contributed by atoms with Crippen molar-refractivity contribution in [1.29, 1.82) is 0 Å². The lowest BCUT2D eigenvalue weighted by molar-refractivity contribution is 0.368. The van der Waals surface area contributed by atoms with Crippen LogP contribution in [0, 0.1) is 0 Å². The Hall–Kier alpha value is -0.255. The highest BCUT2D eigenvalue weighted by atomic mass is 19.5. The fourth-order valence-corrected chi connectivity index (χ4v) is 1.03. The predicted molar refractivity (Wildman–Crippen MR) is 59.8 cm³/mol. The van der Waals surface area contributed by atoms with E-state index in [9.17, 15) is 17.3 Å². The van der Waals surface area contributed by atoms with E-state index in [2.05, 4.69) is 13.8 Å². The minimum Gasteiger partial charge on any atom is -0.418 e. The van der Waals surface area contributed by atoms with E-state index in [0.29, 0.717) is 0 Å². The van der Waals surface area contributed by atoms with Gasteiger partial charge in [0.05, 0.1) is 0 Å². The van der Waals surface area contributed by atoms with Crippen molar-refractivity contribution >= 4 is 7.25 Å². The van der Waals surface area contributed by atoms with E-state index in [1.54, 1.807) is 0 Å². The van der Waals surface area contributed by atoms with Gasteiger partial charge in [0.1, 0.15) is 0 Å². The lowest BCUT2D eigenvalue weighted by atomic mass is 10.1. The van der Waals surface area contributed by atoms with Crippen LogP contribution in [-0.4, -0.2) is 7.25 Å². The third-order valence-electron chi connectivity index (χ3n) is 1.71. The number of hydrogen-bond donors (Lipinski definition) is 1. The van der Waals surface area contributed by atoms with Crippen LogP contribution in [0.4, 0.5) is 17.3 Å². The van der Waals surface area contributed by atoms with Crippen LogP contribution >= 0.6 is 0 Å². The zero-order chi connectivity index (χ0) is 11.4. The molecule has 0 aromatic carbocycles. The molecule has 0 saturated heterocycles. The summed E-state index contributed by atoms with van der Waals surface area (Å²) in [5, 5.41) is 0. The Labute approximate surface area is 90.3 Å². The molecule has 15 heavy (non-hydrogen) atoms. The summed E-state index contributed by atoms with van der Waals surface area (Å²) in [4.78, 5) is 0. The van der Waals surface area contributed by atoms with Crippen LogP contribution in [-0.2, 0) is 0 Å². The third kappa shape index (κ3) is 57.4. The molecule has 0 rings (SSSR count). The maximum Gasteiger partial charge on any atom is 0.673 e. The largest absolute Gasteiger partial charge is 0.673 e. The number of rotatable bonds is 6. The SMILES string of the molecule is CCCCCCCCC.F[B-](F)(F)F.[NH4+]. The van der Waals surface area contributed by atoms with Crippen molar-refractivity contribution in [3.05, 3.63) is 0 Å². The second-order valence-electron chi connectivity index (χ2n) is 3.26. The standard InChI is InChI=1S/C9H20.BF4.H3N/c1-3-5-7-9-8-6-4-2;2-1(3,4)5;/h3-9H2,1-2H3;;1H3/q;-1;/p+1. The number of unbranched alkanes of at least 4 members (excludes halogenated alkanes) is 6. The fraction of sp³-hybridized carbons (Fsp3) is 1.00. The number of halogens is 4. The molecule has 96 valence electrons. The average molecular weight is 233 g/mol. The van der Waals surface area contributed by atoms with E-state index in [0.717, 1.165) is 0 Å². The van der Waals surface area contributed by atoms with E-state index in [1.165, 1.54) is 44.9 Å². The Bertz CT molecular complexity index is 96.8. The second kappa shape index (κ2) is 13.7. The smallest absolute Gasteiger partial charge is 0.418 e. The van der Waals surface area contributed by atoms with Gasteiger partial charge in [0.2, 0.25) is 0 Å². The quantitative estimate of drug-likeness (QED) is 0.360. The molecule has 0 saturated carbocycles. The van der Waals surface area contributed by atoms with Gasteiger partial charge in [-0.1, -0.05) is 58.8 Å². The lowest BCUT2D eigenvalue weighted by Gasteiger charge is -1.96. The highest BCUT2D eigenvalue weighted by Gasteiger charge is 2.20. The average Bonchev–Trinajstić information content (AvgIpc) is 2.01. The van der Waals surface area contributed by atoms with Gasteiger partial charge in [0, 0.05) is 0 Å². The minimum atomic E-state index is -6.00. The van der Waals surface area contributed by atoms with Gasteiger partial charge in [-0.15, -0.1) is 0 Å². The molecule has 6 heteroatoms. The maximum atomic E-state index is 9.75. The summed E-state index contributed by atoms with van der Waals surface area (Å²) in [5.74, 6) is 0. The van der Waals surface area contributed by atoms with Gasteiger partial charge in [-0.25, -0.2) is 0 Å². The van der Waals surface area contributed by atoms with Crippen molar-refractivity contribution < 1.29 is 17.3 Å². The molecule has 0 aliphatic carbocycles. The molecule has 0 aromatic rings. The number of quaternary nitrogens is 1. The molecule has 0 unspecified atom stereocenters. The summed E-state index contributed by atoms with van der Waals surface area (Å²) < 4.78 is 39.0. The minimum absolute atomic E-state index is 0. The Balaban J connectivity index is -0.000000208. The first-order chi connectivity index (χ1) is 6.41. The number of hydrogen-bond acceptors (Lipinski definition) is 0. The molecule has 0 amide bonds. The van der Waals surface area contributed by atoms with Gasteiger partial charge >= 0.3 is 7.25 Å². The lowest BCUT2D eigenvalue weighted by Crippen LogP contribution is -2.02. The summed E-state index contributed by atoms with van der Waals surface area (Å²) >= 11 is 0. The van der Waals surface area contributed by atoms with Crippen LogP contribution in [0.25, 0.3) is 0 Å². The molecule has 0 aliphatic rings. The summed E-state index contributed by atoms with van der Waals surface area (Å²) in [6.07, 6.45) is 9.97. The zero-order valence-electron chi connectivity index (χ0n) is 10.0. The molecule has 0 fully saturated rings. The Morgan fingerprint density at radius 1 is 0.667 bits per heavy atom. The van der Waals surface area contributed by atoms with Crippen LogP contribution in [0.3, 0.4) is 0 Å². The summed E-state index contributed by atoms with van der Waals surface area (Å²) in [7, 11) is -6.00. The fourth-order valence-electron chi connectivity index (χ4n) is 1.03. The molecular formula is C9H24BF4N. The van der Waals surface area contributed by atoms with Gasteiger partial charge < -0.3 is 23.4 Å². The zero-order valence-corrected chi connectivity index (χ0v) is 10.0. The van der Waals surface area contributed by atoms with E-state index < -0.39 is 7.25 Å². The highest BCUT2D eigenvalue weighted by molar-refractivity contribution is 6.50. The first-order valence-corrected chi connectivity index (χ1v) is 5.29. The van der Waals surface area contributed by atoms with Crippen molar-refractivity contribution in [3.63, 3.8) is 0 Å². The molecule has 0 atom stereocenters. The predicted octanol–water partition coefficient (Wildman–Crippen LogP) is 5.43. The molecule has 0 heterocycles. The molecule has 1 nitrogen and oxygen atoms in total. The summed E-state index contributed by atoms with van der Waals surface area (Å²) in [6, 6.07) is 0. The maximum absolute atomic E-state index is 9.75. The molecular weight excluding hydrogens is 209 g/mol. The van der Waals surface area contributed by atoms with Crippen molar-refractivity contribution in [2.24, 2.45) is 0 Å². The molecule has 0 bridgehead atoms. The normalized spacial score (nSPS) is 10.0. The monoisotopic (exact) mass is 233 g/mol. The van der Waals surface area contributed by atoms with Gasteiger partial charge in [-0.3, -0.25) is 0 Å². The van der Waals surface area contributed by atoms with Crippen LogP contribution in [0.15, 0.2) is 0 Å². The van der Waals surface area contributed by atoms with Gasteiger partial charge in [-0.05, 0) is 0 Å². The van der Waals surface area contributed by atoms with Crippen molar-refractivity contribution in [2.75, 3.05) is 0 Å². The van der Waals surface area contributed by atoms with Crippen molar-refractivity contribution in [1.82, 2.24) is 6.15 Å². The van der Waals surface area contributed by atoms with Crippen LogP contribution in [0.1, 0.15) is 58.8 Å². The summed E-state index contributed by atoms with van der Waals surface area (Å²) in [5.41, 5.74) is 0. The van der Waals surface area contributed by atoms with Gasteiger partial charge in [-0.2, -0.15) is 0 Å². The topological polar surface area (TPSA) is 36.5 Å². The van der Waals surface area contributed by atoms with E-state index in [4.69, 9.17) is 0 Å². The van der Waals surface area contributed by atoms with Gasteiger partial charge in [0.15, 0.2) is 0 Å². The van der Waals surface area contributed by atoms with E-state index in [-0.39, 0.29) is 6.15 Å². The van der Waals surface area contributed by atoms with Crippen LogP contribution in [0.5, 0.6) is 0 Å². The van der Waals surface area contributed by atoms with Crippen LogP contribution in [0.2, 0.25) is 0 Å². The van der Waals surface area contributed by atoms with E-state index >= 15 is 0 Å².